The molecule has 0 radical (unpaired) electrons. The number of rotatable bonds is 8. The highest BCUT2D eigenvalue weighted by Crippen LogP contribution is 2.32. The van der Waals surface area contributed by atoms with Gasteiger partial charge in [0.1, 0.15) is 12.2 Å². The molecular formula is C12H16O12. The Kier molecular flexibility index (Phi) is 5.99. The molecule has 3 unspecified atom stereocenters. The summed E-state index contributed by atoms with van der Waals surface area (Å²) in [6, 6.07) is 0. The fourth-order valence-electron chi connectivity index (χ4n) is 1.99. The van der Waals surface area contributed by atoms with E-state index in [2.05, 4.69) is 4.74 Å². The second kappa shape index (κ2) is 7.21. The van der Waals surface area contributed by atoms with Crippen molar-refractivity contribution in [2.75, 3.05) is 13.2 Å². The average molecular weight is 352 g/mol. The normalized spacial score (nSPS) is 24.1. The largest absolute Gasteiger partial charge is 0.505 e. The van der Waals surface area contributed by atoms with Gasteiger partial charge >= 0.3 is 5.97 Å². The standard InChI is InChI=1S/C12H16O12/c13-1-3(15)5(17)9(21)12(23,8(20)4(16)2-14)10-6(18)7(19)11(22)24-10/h3-4,9-10,13-16,18-19,21,23H,1-2H2/t3?,4?,9?,10-,12-/m0/s1. The van der Waals surface area contributed by atoms with Crippen molar-refractivity contribution in [2.45, 2.75) is 30.0 Å². The van der Waals surface area contributed by atoms with E-state index in [9.17, 15) is 45.0 Å². The van der Waals surface area contributed by atoms with Crippen LogP contribution in [0.2, 0.25) is 0 Å². The summed E-state index contributed by atoms with van der Waals surface area (Å²) >= 11 is 0. The summed E-state index contributed by atoms with van der Waals surface area (Å²) in [6.07, 6.45) is -10.1. The number of ether oxygens (including phenoxy) is 1. The molecule has 0 aromatic carbocycles. The number of ketones is 2. The lowest BCUT2D eigenvalue weighted by Crippen LogP contribution is -2.65. The Morgan fingerprint density at radius 3 is 1.96 bits per heavy atom. The molecule has 8 N–H and O–H groups in total. The molecule has 0 aromatic rings. The van der Waals surface area contributed by atoms with Gasteiger partial charge in [-0.1, -0.05) is 0 Å². The number of carbonyl (C=O) groups is 3. The Labute approximate surface area is 133 Å². The van der Waals surface area contributed by atoms with Gasteiger partial charge in [0.05, 0.1) is 13.2 Å². The summed E-state index contributed by atoms with van der Waals surface area (Å²) in [5.41, 5.74) is -3.57. The van der Waals surface area contributed by atoms with Crippen LogP contribution in [0.3, 0.4) is 0 Å². The van der Waals surface area contributed by atoms with Gasteiger partial charge < -0.3 is 45.6 Å². The lowest BCUT2D eigenvalue weighted by molar-refractivity contribution is -0.192. The van der Waals surface area contributed by atoms with Gasteiger partial charge in [-0.3, -0.25) is 9.59 Å². The Morgan fingerprint density at radius 2 is 1.58 bits per heavy atom. The number of Topliss-reactive ketones (excluding diaryl/α,β-unsaturated/α-hetero) is 2. The van der Waals surface area contributed by atoms with Gasteiger partial charge in [-0.2, -0.15) is 0 Å². The molecule has 12 nitrogen and oxygen atoms in total. The molecule has 1 heterocycles. The molecule has 0 saturated carbocycles. The lowest BCUT2D eigenvalue weighted by Gasteiger charge is -2.35. The summed E-state index contributed by atoms with van der Waals surface area (Å²) in [7, 11) is 0. The van der Waals surface area contributed by atoms with Crippen LogP contribution >= 0.6 is 0 Å². The molecule has 24 heavy (non-hydrogen) atoms. The zero-order valence-corrected chi connectivity index (χ0v) is 11.9. The van der Waals surface area contributed by atoms with Crippen molar-refractivity contribution in [1.29, 1.82) is 0 Å². The molecule has 0 aromatic heterocycles. The number of aliphatic hydroxyl groups is 8. The van der Waals surface area contributed by atoms with E-state index < -0.39 is 72.3 Å². The summed E-state index contributed by atoms with van der Waals surface area (Å²) < 4.78 is 4.32. The third-order valence-corrected chi connectivity index (χ3v) is 3.37. The van der Waals surface area contributed by atoms with Gasteiger partial charge in [0.15, 0.2) is 17.6 Å². The summed E-state index contributed by atoms with van der Waals surface area (Å²) in [4.78, 5) is 35.0. The highest BCUT2D eigenvalue weighted by molar-refractivity contribution is 6.01. The van der Waals surface area contributed by atoms with E-state index in [1.165, 1.54) is 0 Å². The van der Waals surface area contributed by atoms with E-state index in [1.54, 1.807) is 0 Å². The molecule has 136 valence electrons. The minimum atomic E-state index is -3.57. The van der Waals surface area contributed by atoms with Crippen LogP contribution in [0.5, 0.6) is 0 Å². The molecule has 1 rings (SSSR count). The van der Waals surface area contributed by atoms with E-state index >= 15 is 0 Å². The van der Waals surface area contributed by atoms with E-state index in [1.807, 2.05) is 0 Å². The predicted octanol–water partition coefficient (Wildman–Crippen LogP) is -4.82. The predicted molar refractivity (Wildman–Crippen MR) is 69.3 cm³/mol. The van der Waals surface area contributed by atoms with Gasteiger partial charge in [-0.25, -0.2) is 4.79 Å². The topological polar surface area (TPSA) is 222 Å². The number of hydrogen-bond acceptors (Lipinski definition) is 12. The van der Waals surface area contributed by atoms with Gasteiger partial charge in [-0.15, -0.1) is 0 Å². The van der Waals surface area contributed by atoms with E-state index in [0.717, 1.165) is 0 Å². The van der Waals surface area contributed by atoms with E-state index in [-0.39, 0.29) is 0 Å². The second-order valence-corrected chi connectivity index (χ2v) is 4.91. The minimum absolute atomic E-state index is 1.21. The number of aliphatic hydroxyl groups excluding tert-OH is 7. The van der Waals surface area contributed by atoms with Crippen molar-refractivity contribution in [3.63, 3.8) is 0 Å². The van der Waals surface area contributed by atoms with Gasteiger partial charge in [0.25, 0.3) is 0 Å². The van der Waals surface area contributed by atoms with Crippen molar-refractivity contribution >= 4 is 17.5 Å². The zero-order valence-electron chi connectivity index (χ0n) is 11.9. The molecule has 0 spiro atoms. The molecule has 0 saturated heterocycles. The molecule has 1 aliphatic rings. The van der Waals surface area contributed by atoms with Crippen molar-refractivity contribution < 1.29 is 60.0 Å². The van der Waals surface area contributed by atoms with Crippen LogP contribution in [-0.4, -0.2) is 102 Å². The number of hydrogen-bond donors (Lipinski definition) is 8. The first-order valence-electron chi connectivity index (χ1n) is 6.43. The average Bonchev–Trinajstić information content (AvgIpc) is 2.85. The van der Waals surface area contributed by atoms with Crippen LogP contribution in [0.1, 0.15) is 0 Å². The Bertz CT molecular complexity index is 568. The lowest BCUT2D eigenvalue weighted by atomic mass is 9.80. The zero-order chi connectivity index (χ0) is 18.8. The first-order chi connectivity index (χ1) is 11.0. The number of esters is 1. The van der Waals surface area contributed by atoms with E-state index in [4.69, 9.17) is 10.2 Å². The maximum Gasteiger partial charge on any atom is 0.378 e. The van der Waals surface area contributed by atoms with Crippen LogP contribution in [0, 0.1) is 0 Å². The van der Waals surface area contributed by atoms with Gasteiger partial charge in [-0.05, 0) is 0 Å². The van der Waals surface area contributed by atoms with Crippen molar-refractivity contribution in [1.82, 2.24) is 0 Å². The van der Waals surface area contributed by atoms with Crippen LogP contribution < -0.4 is 0 Å². The van der Waals surface area contributed by atoms with Crippen LogP contribution in [0.25, 0.3) is 0 Å². The maximum atomic E-state index is 12.1. The highest BCUT2D eigenvalue weighted by atomic mass is 16.6. The van der Waals surface area contributed by atoms with Crippen LogP contribution in [0.15, 0.2) is 11.5 Å². The molecule has 0 bridgehead atoms. The Morgan fingerprint density at radius 1 is 1.08 bits per heavy atom. The molecule has 0 amide bonds. The summed E-state index contributed by atoms with van der Waals surface area (Å²) in [5.74, 6) is -8.02. The third kappa shape index (κ3) is 3.10. The third-order valence-electron chi connectivity index (χ3n) is 3.37. The summed E-state index contributed by atoms with van der Waals surface area (Å²) in [6.45, 7) is -2.48. The number of cyclic esters (lactones) is 1. The van der Waals surface area contributed by atoms with Crippen molar-refractivity contribution in [3.05, 3.63) is 11.5 Å². The molecule has 5 atom stereocenters. The van der Waals surface area contributed by atoms with Crippen molar-refractivity contribution in [2.24, 2.45) is 0 Å². The Balaban J connectivity index is 3.41. The minimum Gasteiger partial charge on any atom is -0.505 e. The maximum absolute atomic E-state index is 12.1. The SMILES string of the molecule is O=C1O[C@H]([C@](O)(C(=O)C(O)CO)C(O)C(=O)C(O)CO)C(O)=C1O. The van der Waals surface area contributed by atoms with Crippen molar-refractivity contribution in [3.8, 4) is 0 Å². The monoisotopic (exact) mass is 352 g/mol. The van der Waals surface area contributed by atoms with Crippen LogP contribution in [0.4, 0.5) is 0 Å². The van der Waals surface area contributed by atoms with Gasteiger partial charge in [0, 0.05) is 0 Å². The molecule has 0 fully saturated rings. The smallest absolute Gasteiger partial charge is 0.378 e. The fraction of sp³-hybridized carbons (Fsp3) is 0.583. The molecule has 1 aliphatic heterocycles. The number of carbonyl (C=O) groups excluding carboxylic acids is 3. The fourth-order valence-corrected chi connectivity index (χ4v) is 1.99. The van der Waals surface area contributed by atoms with E-state index in [0.29, 0.717) is 0 Å². The second-order valence-electron chi connectivity index (χ2n) is 4.91. The molecular weight excluding hydrogens is 336 g/mol. The van der Waals surface area contributed by atoms with Crippen LogP contribution in [-0.2, 0) is 19.1 Å². The molecule has 0 aliphatic carbocycles. The molecule has 12 heteroatoms. The Hall–Kier alpha value is -2.09. The first kappa shape index (κ1) is 20.0. The first-order valence-corrected chi connectivity index (χ1v) is 6.43. The quantitative estimate of drug-likeness (QED) is 0.193. The van der Waals surface area contributed by atoms with Gasteiger partial charge in [0.2, 0.25) is 23.2 Å². The highest BCUT2D eigenvalue weighted by Gasteiger charge is 2.61. The summed E-state index contributed by atoms with van der Waals surface area (Å²) in [5, 5.41) is 75.2.